The summed E-state index contributed by atoms with van der Waals surface area (Å²) < 4.78 is 0. The molecule has 0 aromatic carbocycles. The average Bonchev–Trinajstić information content (AvgIpc) is 2.16. The molecule has 0 aromatic rings. The van der Waals surface area contributed by atoms with Gasteiger partial charge in [-0.3, -0.25) is 0 Å². The summed E-state index contributed by atoms with van der Waals surface area (Å²) >= 11 is 5.41. The summed E-state index contributed by atoms with van der Waals surface area (Å²) in [5, 5.41) is 4.28. The first-order valence-corrected chi connectivity index (χ1v) is 6.13. The molecule has 1 atom stereocenters. The van der Waals surface area contributed by atoms with E-state index in [2.05, 4.69) is 31.0 Å². The van der Waals surface area contributed by atoms with Crippen molar-refractivity contribution in [3.05, 3.63) is 0 Å². The van der Waals surface area contributed by atoms with Crippen LogP contribution < -0.4 is 5.32 Å². The first-order chi connectivity index (χ1) is 6.65. The fourth-order valence-electron chi connectivity index (χ4n) is 2.02. The van der Waals surface area contributed by atoms with Crippen LogP contribution in [0.3, 0.4) is 0 Å². The molecule has 82 valence electrons. The third kappa shape index (κ3) is 3.12. The van der Waals surface area contributed by atoms with Gasteiger partial charge in [0, 0.05) is 18.6 Å². The molecule has 1 saturated heterocycles. The van der Waals surface area contributed by atoms with Crippen LogP contribution in [0.15, 0.2) is 0 Å². The highest BCUT2D eigenvalue weighted by Crippen LogP contribution is 2.19. The number of nitrogens with one attached hydrogen (secondary N) is 1. The Morgan fingerprint density at radius 3 is 2.79 bits per heavy atom. The van der Waals surface area contributed by atoms with E-state index < -0.39 is 0 Å². The van der Waals surface area contributed by atoms with Gasteiger partial charge in [0.15, 0.2) is 5.11 Å². The summed E-state index contributed by atoms with van der Waals surface area (Å²) in [6.45, 7) is 7.66. The summed E-state index contributed by atoms with van der Waals surface area (Å²) in [5.74, 6) is 0. The fraction of sp³-hybridized carbons (Fsp3) is 0.909. The molecule has 0 aliphatic carbocycles. The monoisotopic (exact) mass is 214 g/mol. The van der Waals surface area contributed by atoms with E-state index in [9.17, 15) is 0 Å². The van der Waals surface area contributed by atoms with Crippen molar-refractivity contribution in [1.82, 2.24) is 10.2 Å². The second-order valence-corrected chi connectivity index (χ2v) is 4.74. The molecule has 14 heavy (non-hydrogen) atoms. The predicted molar refractivity (Wildman–Crippen MR) is 65.5 cm³/mol. The molecule has 0 saturated carbocycles. The minimum absolute atomic E-state index is 0.446. The highest BCUT2D eigenvalue weighted by Gasteiger charge is 2.22. The van der Waals surface area contributed by atoms with E-state index in [4.69, 9.17) is 12.2 Å². The van der Waals surface area contributed by atoms with Gasteiger partial charge in [0.1, 0.15) is 0 Å². The molecule has 0 bridgehead atoms. The Kier molecular flexibility index (Phi) is 4.66. The summed E-state index contributed by atoms with van der Waals surface area (Å²) in [5.41, 5.74) is 0. The van der Waals surface area contributed by atoms with Gasteiger partial charge in [-0.05, 0) is 51.7 Å². The molecule has 0 spiro atoms. The van der Waals surface area contributed by atoms with Gasteiger partial charge in [0.2, 0.25) is 0 Å². The van der Waals surface area contributed by atoms with Crippen LogP contribution >= 0.6 is 12.2 Å². The van der Waals surface area contributed by atoms with E-state index in [0.717, 1.165) is 11.7 Å². The molecule has 1 fully saturated rings. The topological polar surface area (TPSA) is 15.3 Å². The minimum atomic E-state index is 0.446. The van der Waals surface area contributed by atoms with Crippen LogP contribution in [0.25, 0.3) is 0 Å². The van der Waals surface area contributed by atoms with Gasteiger partial charge in [0.05, 0.1) is 0 Å². The molecule has 1 unspecified atom stereocenters. The lowest BCUT2D eigenvalue weighted by Crippen LogP contribution is -2.49. The van der Waals surface area contributed by atoms with Gasteiger partial charge in [-0.2, -0.15) is 0 Å². The summed E-state index contributed by atoms with van der Waals surface area (Å²) in [4.78, 5) is 2.37. The first-order valence-electron chi connectivity index (χ1n) is 5.72. The van der Waals surface area contributed by atoms with Gasteiger partial charge >= 0.3 is 0 Å². The van der Waals surface area contributed by atoms with E-state index in [1.807, 2.05) is 0 Å². The van der Waals surface area contributed by atoms with E-state index >= 15 is 0 Å². The number of hydrogen-bond acceptors (Lipinski definition) is 1. The summed E-state index contributed by atoms with van der Waals surface area (Å²) in [7, 11) is 0. The van der Waals surface area contributed by atoms with Crippen LogP contribution in [-0.4, -0.2) is 28.6 Å². The summed E-state index contributed by atoms with van der Waals surface area (Å²) in [6, 6.07) is 1.12. The first kappa shape index (κ1) is 11.8. The van der Waals surface area contributed by atoms with Gasteiger partial charge in [0.25, 0.3) is 0 Å². The molecule has 0 aromatic heterocycles. The Morgan fingerprint density at radius 2 is 2.21 bits per heavy atom. The SMILES string of the molecule is CCC1CCCCN1C(=S)NC(C)C. The lowest BCUT2D eigenvalue weighted by atomic mass is 10.0. The van der Waals surface area contributed by atoms with Crippen LogP contribution in [0.1, 0.15) is 46.5 Å². The van der Waals surface area contributed by atoms with Crippen LogP contribution in [0.2, 0.25) is 0 Å². The van der Waals surface area contributed by atoms with Gasteiger partial charge in [-0.1, -0.05) is 6.92 Å². The van der Waals surface area contributed by atoms with Crippen molar-refractivity contribution in [2.75, 3.05) is 6.54 Å². The highest BCUT2D eigenvalue weighted by atomic mass is 32.1. The number of nitrogens with zero attached hydrogens (tertiary/aromatic N) is 1. The molecular weight excluding hydrogens is 192 g/mol. The third-order valence-electron chi connectivity index (χ3n) is 2.77. The van der Waals surface area contributed by atoms with Crippen molar-refractivity contribution in [2.45, 2.75) is 58.5 Å². The number of hydrogen-bond donors (Lipinski definition) is 1. The molecule has 2 nitrogen and oxygen atoms in total. The maximum atomic E-state index is 5.41. The van der Waals surface area contributed by atoms with Crippen LogP contribution in [0.5, 0.6) is 0 Å². The number of thiocarbonyl (C=S) groups is 1. The van der Waals surface area contributed by atoms with Crippen molar-refractivity contribution in [1.29, 1.82) is 0 Å². The number of piperidine rings is 1. The fourth-order valence-corrected chi connectivity index (χ4v) is 2.50. The van der Waals surface area contributed by atoms with Crippen LogP contribution in [0, 0.1) is 0 Å². The Bertz CT molecular complexity index is 192. The summed E-state index contributed by atoms with van der Waals surface area (Å²) in [6.07, 6.45) is 5.16. The molecule has 0 radical (unpaired) electrons. The lowest BCUT2D eigenvalue weighted by molar-refractivity contribution is 0.232. The molecule has 3 heteroatoms. The van der Waals surface area contributed by atoms with E-state index in [-0.39, 0.29) is 0 Å². The van der Waals surface area contributed by atoms with Crippen LogP contribution in [0.4, 0.5) is 0 Å². The number of likely N-dealkylation sites (tertiary alicyclic amines) is 1. The van der Waals surface area contributed by atoms with E-state index in [0.29, 0.717) is 12.1 Å². The molecule has 1 N–H and O–H groups in total. The molecule has 1 rings (SSSR count). The second kappa shape index (κ2) is 5.54. The lowest BCUT2D eigenvalue weighted by Gasteiger charge is -2.37. The van der Waals surface area contributed by atoms with Crippen molar-refractivity contribution in [3.63, 3.8) is 0 Å². The minimum Gasteiger partial charge on any atom is -0.360 e. The predicted octanol–water partition coefficient (Wildman–Crippen LogP) is 2.53. The molecule has 1 aliphatic heterocycles. The zero-order chi connectivity index (χ0) is 10.6. The standard InChI is InChI=1S/C11H22N2S/c1-4-10-7-5-6-8-13(10)11(14)12-9(2)3/h9-10H,4-8H2,1-3H3,(H,12,14). The largest absolute Gasteiger partial charge is 0.360 e. The quantitative estimate of drug-likeness (QED) is 0.711. The van der Waals surface area contributed by atoms with Crippen LogP contribution in [-0.2, 0) is 0 Å². The Hall–Kier alpha value is -0.310. The maximum absolute atomic E-state index is 5.41. The van der Waals surface area contributed by atoms with Gasteiger partial charge in [-0.25, -0.2) is 0 Å². The Labute approximate surface area is 93.1 Å². The maximum Gasteiger partial charge on any atom is 0.169 e. The van der Waals surface area contributed by atoms with Crippen molar-refractivity contribution < 1.29 is 0 Å². The van der Waals surface area contributed by atoms with Gasteiger partial charge in [-0.15, -0.1) is 0 Å². The van der Waals surface area contributed by atoms with E-state index in [1.54, 1.807) is 0 Å². The zero-order valence-corrected chi connectivity index (χ0v) is 10.4. The normalized spacial score (nSPS) is 22.6. The van der Waals surface area contributed by atoms with Crippen molar-refractivity contribution in [2.24, 2.45) is 0 Å². The van der Waals surface area contributed by atoms with Crippen molar-refractivity contribution >= 4 is 17.3 Å². The van der Waals surface area contributed by atoms with Crippen molar-refractivity contribution in [3.8, 4) is 0 Å². The smallest absolute Gasteiger partial charge is 0.169 e. The molecule has 1 aliphatic rings. The molecule has 1 heterocycles. The average molecular weight is 214 g/mol. The Morgan fingerprint density at radius 1 is 1.50 bits per heavy atom. The number of rotatable bonds is 2. The third-order valence-corrected chi connectivity index (χ3v) is 3.12. The second-order valence-electron chi connectivity index (χ2n) is 4.36. The zero-order valence-electron chi connectivity index (χ0n) is 9.55. The highest BCUT2D eigenvalue weighted by molar-refractivity contribution is 7.80. The van der Waals surface area contributed by atoms with E-state index in [1.165, 1.54) is 25.7 Å². The van der Waals surface area contributed by atoms with Gasteiger partial charge < -0.3 is 10.2 Å². The Balaban J connectivity index is 2.50. The molecule has 0 amide bonds. The molecular formula is C11H22N2S.